The number of nitrogen functional groups attached to an aromatic ring is 1. The number of carbonyl (C=O) groups is 1. The van der Waals surface area contributed by atoms with Crippen LogP contribution in [-0.4, -0.2) is 26.5 Å². The van der Waals surface area contributed by atoms with E-state index in [1.54, 1.807) is 0 Å². The summed E-state index contributed by atoms with van der Waals surface area (Å²) in [6.07, 6.45) is 1.98. The monoisotopic (exact) mass is 350 g/mol. The lowest BCUT2D eigenvalue weighted by Gasteiger charge is -2.32. The molecular formula is C13H16ClFN2O4S. The van der Waals surface area contributed by atoms with Gasteiger partial charge in [-0.1, -0.05) is 11.6 Å². The number of hydrogen-bond acceptors (Lipinski definition) is 5. The molecule has 0 aliphatic carbocycles. The number of nitrogens with one attached hydrogen (secondary N) is 1. The zero-order chi connectivity index (χ0) is 16.5. The third-order valence-electron chi connectivity index (χ3n) is 3.54. The summed E-state index contributed by atoms with van der Waals surface area (Å²) in [5.41, 5.74) is 3.75. The predicted octanol–water partition coefficient (Wildman–Crippen LogP) is 1.83. The van der Waals surface area contributed by atoms with E-state index in [1.165, 1.54) is 6.92 Å². The number of benzene rings is 1. The number of sulfonamides is 1. The van der Waals surface area contributed by atoms with E-state index in [0.717, 1.165) is 18.9 Å². The SMILES string of the molecule is C[C@]1(C(=O)NS(=O)(=O)c2cc(F)c(N)c(Cl)c2)CCCCO1. The van der Waals surface area contributed by atoms with Crippen LogP contribution in [0.1, 0.15) is 26.2 Å². The van der Waals surface area contributed by atoms with Gasteiger partial charge in [-0.15, -0.1) is 0 Å². The Morgan fingerprint density at radius 3 is 2.68 bits per heavy atom. The molecule has 1 atom stereocenters. The van der Waals surface area contributed by atoms with Crippen LogP contribution in [-0.2, 0) is 19.6 Å². The Morgan fingerprint density at radius 2 is 2.14 bits per heavy atom. The van der Waals surface area contributed by atoms with Gasteiger partial charge < -0.3 is 10.5 Å². The molecule has 6 nitrogen and oxygen atoms in total. The first-order chi connectivity index (χ1) is 10.2. The van der Waals surface area contributed by atoms with Crippen molar-refractivity contribution in [3.05, 3.63) is 23.0 Å². The number of anilines is 1. The zero-order valence-electron chi connectivity index (χ0n) is 11.9. The molecule has 0 bridgehead atoms. The number of rotatable bonds is 3. The van der Waals surface area contributed by atoms with E-state index in [1.807, 2.05) is 4.72 Å². The van der Waals surface area contributed by atoms with Gasteiger partial charge in [-0.05, 0) is 38.3 Å². The molecule has 3 N–H and O–H groups in total. The Bertz CT molecular complexity index is 679. The molecule has 0 radical (unpaired) electrons. The molecule has 122 valence electrons. The first-order valence-corrected chi connectivity index (χ1v) is 8.47. The van der Waals surface area contributed by atoms with Crippen LogP contribution in [0, 0.1) is 5.82 Å². The standard InChI is InChI=1S/C13H16ClFN2O4S/c1-13(4-2-3-5-21-13)12(18)17-22(19,20)8-6-9(14)11(16)10(15)7-8/h6-7H,2-5,16H2,1H3,(H,17,18)/t13-/m1/s1. The van der Waals surface area contributed by atoms with E-state index in [2.05, 4.69) is 0 Å². The van der Waals surface area contributed by atoms with Crippen molar-refractivity contribution in [3.63, 3.8) is 0 Å². The van der Waals surface area contributed by atoms with Crippen molar-refractivity contribution in [1.29, 1.82) is 0 Å². The molecule has 1 aromatic carbocycles. The van der Waals surface area contributed by atoms with Crippen LogP contribution < -0.4 is 10.5 Å². The highest BCUT2D eigenvalue weighted by molar-refractivity contribution is 7.90. The van der Waals surface area contributed by atoms with Crippen molar-refractivity contribution in [2.24, 2.45) is 0 Å². The number of amides is 1. The molecule has 22 heavy (non-hydrogen) atoms. The first kappa shape index (κ1) is 17.0. The van der Waals surface area contributed by atoms with Gasteiger partial charge in [0, 0.05) is 6.61 Å². The molecule has 9 heteroatoms. The minimum Gasteiger partial charge on any atom is -0.395 e. The normalized spacial score (nSPS) is 22.3. The summed E-state index contributed by atoms with van der Waals surface area (Å²) in [6.45, 7) is 1.90. The van der Waals surface area contributed by atoms with Gasteiger partial charge in [0.2, 0.25) is 0 Å². The number of nitrogens with two attached hydrogens (primary N) is 1. The summed E-state index contributed by atoms with van der Waals surface area (Å²) in [6, 6.07) is 1.69. The number of ether oxygens (including phenoxy) is 1. The van der Waals surface area contributed by atoms with Crippen LogP contribution in [0.4, 0.5) is 10.1 Å². The summed E-state index contributed by atoms with van der Waals surface area (Å²) < 4.78 is 45.2. The molecule has 1 amide bonds. The Kier molecular flexibility index (Phi) is 4.65. The van der Waals surface area contributed by atoms with E-state index in [0.29, 0.717) is 19.1 Å². The van der Waals surface area contributed by atoms with Crippen LogP contribution >= 0.6 is 11.6 Å². The second kappa shape index (κ2) is 6.02. The summed E-state index contributed by atoms with van der Waals surface area (Å²) >= 11 is 5.67. The molecule has 1 aliphatic rings. The van der Waals surface area contributed by atoms with Gasteiger partial charge in [0.25, 0.3) is 15.9 Å². The molecule has 1 saturated heterocycles. The maximum absolute atomic E-state index is 13.5. The van der Waals surface area contributed by atoms with Gasteiger partial charge in [0.1, 0.15) is 11.4 Å². The van der Waals surface area contributed by atoms with Crippen LogP contribution in [0.2, 0.25) is 5.02 Å². The Hall–Kier alpha value is -1.38. The third-order valence-corrected chi connectivity index (χ3v) is 5.16. The fourth-order valence-electron chi connectivity index (χ4n) is 2.12. The average Bonchev–Trinajstić information content (AvgIpc) is 2.44. The van der Waals surface area contributed by atoms with Crippen molar-refractivity contribution in [1.82, 2.24) is 4.72 Å². The van der Waals surface area contributed by atoms with E-state index >= 15 is 0 Å². The minimum atomic E-state index is -4.27. The second-order valence-corrected chi connectivity index (χ2v) is 7.36. The number of halogens is 2. The summed E-state index contributed by atoms with van der Waals surface area (Å²) in [5, 5.41) is -0.243. The van der Waals surface area contributed by atoms with Crippen LogP contribution in [0.15, 0.2) is 17.0 Å². The smallest absolute Gasteiger partial charge is 0.265 e. The minimum absolute atomic E-state index is 0.243. The van der Waals surface area contributed by atoms with Gasteiger partial charge in [-0.2, -0.15) is 0 Å². The number of hydrogen-bond donors (Lipinski definition) is 2. The summed E-state index contributed by atoms with van der Waals surface area (Å²) in [4.78, 5) is 11.7. The van der Waals surface area contributed by atoms with Gasteiger partial charge in [0.05, 0.1) is 15.6 Å². The third kappa shape index (κ3) is 3.34. The second-order valence-electron chi connectivity index (χ2n) is 5.27. The number of carbonyl (C=O) groups excluding carboxylic acids is 1. The average molecular weight is 351 g/mol. The maximum Gasteiger partial charge on any atom is 0.265 e. The van der Waals surface area contributed by atoms with Crippen molar-refractivity contribution in [2.75, 3.05) is 12.3 Å². The fraction of sp³-hybridized carbons (Fsp3) is 0.462. The highest BCUT2D eigenvalue weighted by Crippen LogP contribution is 2.28. The molecule has 0 spiro atoms. The quantitative estimate of drug-likeness (QED) is 0.810. The predicted molar refractivity (Wildman–Crippen MR) is 79.4 cm³/mol. The molecule has 1 heterocycles. The van der Waals surface area contributed by atoms with Crippen LogP contribution in [0.5, 0.6) is 0 Å². The topological polar surface area (TPSA) is 98.5 Å². The Balaban J connectivity index is 2.26. The van der Waals surface area contributed by atoms with Crippen molar-refractivity contribution in [2.45, 2.75) is 36.7 Å². The lowest BCUT2D eigenvalue weighted by molar-refractivity contribution is -0.148. The fourth-order valence-corrected chi connectivity index (χ4v) is 3.50. The first-order valence-electron chi connectivity index (χ1n) is 6.61. The zero-order valence-corrected chi connectivity index (χ0v) is 13.4. The lowest BCUT2D eigenvalue weighted by atomic mass is 9.95. The molecule has 0 unspecified atom stereocenters. The highest BCUT2D eigenvalue weighted by atomic mass is 35.5. The molecule has 1 aliphatic heterocycles. The van der Waals surface area contributed by atoms with Gasteiger partial charge >= 0.3 is 0 Å². The van der Waals surface area contributed by atoms with E-state index in [-0.39, 0.29) is 10.7 Å². The van der Waals surface area contributed by atoms with E-state index in [9.17, 15) is 17.6 Å². The van der Waals surface area contributed by atoms with Gasteiger partial charge in [0.15, 0.2) is 0 Å². The van der Waals surface area contributed by atoms with Crippen LogP contribution in [0.25, 0.3) is 0 Å². The summed E-state index contributed by atoms with van der Waals surface area (Å²) in [7, 11) is -4.27. The van der Waals surface area contributed by atoms with Crippen molar-refractivity contribution in [3.8, 4) is 0 Å². The highest BCUT2D eigenvalue weighted by Gasteiger charge is 2.38. The largest absolute Gasteiger partial charge is 0.395 e. The van der Waals surface area contributed by atoms with E-state index in [4.69, 9.17) is 22.1 Å². The van der Waals surface area contributed by atoms with E-state index < -0.39 is 32.2 Å². The van der Waals surface area contributed by atoms with Crippen molar-refractivity contribution < 1.29 is 22.3 Å². The van der Waals surface area contributed by atoms with Gasteiger partial charge in [-0.25, -0.2) is 17.5 Å². The molecule has 1 aromatic rings. The molecular weight excluding hydrogens is 335 g/mol. The Morgan fingerprint density at radius 1 is 1.45 bits per heavy atom. The maximum atomic E-state index is 13.5. The summed E-state index contributed by atoms with van der Waals surface area (Å²) in [5.74, 6) is -1.76. The van der Waals surface area contributed by atoms with Crippen molar-refractivity contribution >= 4 is 33.2 Å². The molecule has 0 saturated carbocycles. The molecule has 2 rings (SSSR count). The lowest BCUT2D eigenvalue weighted by Crippen LogP contribution is -2.50. The molecule has 0 aromatic heterocycles. The molecule has 1 fully saturated rings. The van der Waals surface area contributed by atoms with Gasteiger partial charge in [-0.3, -0.25) is 4.79 Å². The Labute approximate surface area is 132 Å². The van der Waals surface area contributed by atoms with Crippen LogP contribution in [0.3, 0.4) is 0 Å².